The van der Waals surface area contributed by atoms with E-state index in [0.29, 0.717) is 19.0 Å². The van der Waals surface area contributed by atoms with E-state index < -0.39 is 0 Å². The second kappa shape index (κ2) is 7.90. The van der Waals surface area contributed by atoms with Crippen molar-refractivity contribution in [1.82, 2.24) is 10.6 Å². The van der Waals surface area contributed by atoms with Crippen molar-refractivity contribution in [2.24, 2.45) is 5.92 Å². The molecule has 0 spiro atoms. The Morgan fingerprint density at radius 3 is 3.04 bits per heavy atom. The fraction of sp³-hybridized carbons (Fsp3) is 0.389. The molecule has 2 N–H and O–H groups in total. The van der Waals surface area contributed by atoms with Crippen molar-refractivity contribution in [3.05, 3.63) is 51.2 Å². The van der Waals surface area contributed by atoms with E-state index in [0.717, 1.165) is 29.4 Å². The second-order valence-electron chi connectivity index (χ2n) is 6.17. The van der Waals surface area contributed by atoms with Crippen LogP contribution < -0.4 is 15.5 Å². The molecule has 1 fully saturated rings. The van der Waals surface area contributed by atoms with Gasteiger partial charge in [-0.1, -0.05) is 23.7 Å². The molecule has 6 heteroatoms. The van der Waals surface area contributed by atoms with Gasteiger partial charge in [0.05, 0.1) is 6.54 Å². The molecule has 1 aliphatic heterocycles. The number of halogens is 1. The highest BCUT2D eigenvalue weighted by Gasteiger charge is 2.24. The Bertz CT molecular complexity index is 690. The molecule has 2 aromatic rings. The zero-order valence-corrected chi connectivity index (χ0v) is 15.3. The Labute approximate surface area is 151 Å². The zero-order chi connectivity index (χ0) is 16.9. The van der Waals surface area contributed by atoms with Crippen molar-refractivity contribution < 1.29 is 4.79 Å². The summed E-state index contributed by atoms with van der Waals surface area (Å²) in [5.74, 6) is 0.468. The zero-order valence-electron chi connectivity index (χ0n) is 13.7. The highest BCUT2D eigenvalue weighted by molar-refractivity contribution is 7.09. The van der Waals surface area contributed by atoms with Crippen LogP contribution in [0.25, 0.3) is 0 Å². The molecule has 1 atom stereocenters. The van der Waals surface area contributed by atoms with Crippen LogP contribution in [0.5, 0.6) is 0 Å². The van der Waals surface area contributed by atoms with E-state index >= 15 is 0 Å². The van der Waals surface area contributed by atoms with Gasteiger partial charge >= 0.3 is 6.03 Å². The van der Waals surface area contributed by atoms with Gasteiger partial charge in [-0.2, -0.15) is 0 Å². The summed E-state index contributed by atoms with van der Waals surface area (Å²) < 4.78 is 0. The number of amides is 2. The number of anilines is 1. The van der Waals surface area contributed by atoms with E-state index in [4.69, 9.17) is 11.6 Å². The quantitative estimate of drug-likeness (QED) is 0.842. The molecule has 0 saturated carbocycles. The maximum Gasteiger partial charge on any atom is 0.315 e. The van der Waals surface area contributed by atoms with Crippen LogP contribution in [0.3, 0.4) is 0 Å². The molecule has 128 valence electrons. The molecule has 0 bridgehead atoms. The second-order valence-corrected chi connectivity index (χ2v) is 7.64. The molecule has 2 amide bonds. The Kier molecular flexibility index (Phi) is 5.63. The van der Waals surface area contributed by atoms with Crippen molar-refractivity contribution in [3.63, 3.8) is 0 Å². The predicted molar refractivity (Wildman–Crippen MR) is 101 cm³/mol. The highest BCUT2D eigenvalue weighted by atomic mass is 35.5. The van der Waals surface area contributed by atoms with Crippen LogP contribution in [0.2, 0.25) is 5.02 Å². The van der Waals surface area contributed by atoms with Gasteiger partial charge in [0.1, 0.15) is 0 Å². The summed E-state index contributed by atoms with van der Waals surface area (Å²) in [6.45, 7) is 5.35. The number of urea groups is 1. The normalized spacial score (nSPS) is 17.1. The van der Waals surface area contributed by atoms with Crippen LogP contribution in [-0.2, 0) is 6.54 Å². The summed E-state index contributed by atoms with van der Waals surface area (Å²) >= 11 is 7.77. The lowest BCUT2D eigenvalue weighted by molar-refractivity contribution is 0.239. The Morgan fingerprint density at radius 2 is 2.25 bits per heavy atom. The fourth-order valence-corrected chi connectivity index (χ4v) is 3.83. The van der Waals surface area contributed by atoms with Gasteiger partial charge in [0, 0.05) is 35.2 Å². The lowest BCUT2D eigenvalue weighted by Crippen LogP contribution is -2.38. The predicted octanol–water partition coefficient (Wildman–Crippen LogP) is 4.04. The number of nitrogens with one attached hydrogen (secondary N) is 2. The van der Waals surface area contributed by atoms with Crippen LogP contribution in [0.4, 0.5) is 10.5 Å². The van der Waals surface area contributed by atoms with Gasteiger partial charge < -0.3 is 15.5 Å². The van der Waals surface area contributed by atoms with E-state index in [9.17, 15) is 4.79 Å². The Hall–Kier alpha value is -1.72. The molecule has 3 rings (SSSR count). The monoisotopic (exact) mass is 363 g/mol. The lowest BCUT2D eigenvalue weighted by atomic mass is 10.1. The van der Waals surface area contributed by atoms with Crippen molar-refractivity contribution in [2.75, 3.05) is 24.5 Å². The Morgan fingerprint density at radius 1 is 1.38 bits per heavy atom. The SMILES string of the molecule is Cc1ccc(Cl)cc1N1CC[C@H](CNC(=O)NCc2cccs2)C1. The first-order valence-electron chi connectivity index (χ1n) is 8.17. The number of aryl methyl sites for hydroxylation is 1. The minimum Gasteiger partial charge on any atom is -0.371 e. The van der Waals surface area contributed by atoms with Crippen LogP contribution >= 0.6 is 22.9 Å². The number of nitrogens with zero attached hydrogens (tertiary/aromatic N) is 1. The third kappa shape index (κ3) is 4.42. The summed E-state index contributed by atoms with van der Waals surface area (Å²) in [5, 5.41) is 8.67. The molecule has 1 aromatic heterocycles. The van der Waals surface area contributed by atoms with E-state index in [1.54, 1.807) is 11.3 Å². The highest BCUT2D eigenvalue weighted by Crippen LogP contribution is 2.29. The van der Waals surface area contributed by atoms with Crippen molar-refractivity contribution >= 4 is 34.7 Å². The van der Waals surface area contributed by atoms with E-state index in [-0.39, 0.29) is 6.03 Å². The number of carbonyl (C=O) groups is 1. The smallest absolute Gasteiger partial charge is 0.315 e. The minimum atomic E-state index is -0.0965. The molecular formula is C18H22ClN3OS. The Balaban J connectivity index is 1.44. The molecule has 2 heterocycles. The third-order valence-electron chi connectivity index (χ3n) is 4.35. The van der Waals surface area contributed by atoms with Gasteiger partial charge in [0.25, 0.3) is 0 Å². The first-order valence-corrected chi connectivity index (χ1v) is 9.43. The molecule has 24 heavy (non-hydrogen) atoms. The first kappa shape index (κ1) is 17.1. The van der Waals surface area contributed by atoms with Gasteiger partial charge in [-0.15, -0.1) is 11.3 Å². The average Bonchev–Trinajstić information content (AvgIpc) is 3.24. The van der Waals surface area contributed by atoms with E-state index in [2.05, 4.69) is 28.5 Å². The summed E-state index contributed by atoms with van der Waals surface area (Å²) in [6, 6.07) is 9.92. The standard InChI is InChI=1S/C18H22ClN3OS/c1-13-4-5-15(19)9-17(13)22-7-6-14(12-22)10-20-18(23)21-11-16-3-2-8-24-16/h2-5,8-9,14H,6-7,10-12H2,1H3,(H2,20,21,23)/t14-/m1/s1. The van der Waals surface area contributed by atoms with Crippen LogP contribution in [0.15, 0.2) is 35.7 Å². The first-order chi connectivity index (χ1) is 11.6. The summed E-state index contributed by atoms with van der Waals surface area (Å²) in [4.78, 5) is 15.4. The topological polar surface area (TPSA) is 44.4 Å². The van der Waals surface area contributed by atoms with Crippen molar-refractivity contribution in [2.45, 2.75) is 19.9 Å². The van der Waals surface area contributed by atoms with Gasteiger partial charge in [0.15, 0.2) is 0 Å². The van der Waals surface area contributed by atoms with Gasteiger partial charge in [0.2, 0.25) is 0 Å². The minimum absolute atomic E-state index is 0.0965. The van der Waals surface area contributed by atoms with Crippen molar-refractivity contribution in [1.29, 1.82) is 0 Å². The maximum absolute atomic E-state index is 11.9. The molecular weight excluding hydrogens is 342 g/mol. The van der Waals surface area contributed by atoms with E-state index in [1.165, 1.54) is 11.3 Å². The maximum atomic E-state index is 11.9. The molecule has 1 aromatic carbocycles. The molecule has 1 saturated heterocycles. The number of benzene rings is 1. The van der Waals surface area contributed by atoms with Crippen LogP contribution in [0, 0.1) is 12.8 Å². The number of hydrogen-bond acceptors (Lipinski definition) is 3. The van der Waals surface area contributed by atoms with Crippen LogP contribution in [-0.4, -0.2) is 25.7 Å². The summed E-state index contributed by atoms with van der Waals surface area (Å²) in [6.07, 6.45) is 1.08. The largest absolute Gasteiger partial charge is 0.371 e. The van der Waals surface area contributed by atoms with Crippen molar-refractivity contribution in [3.8, 4) is 0 Å². The van der Waals surface area contributed by atoms with Gasteiger partial charge in [-0.3, -0.25) is 0 Å². The van der Waals surface area contributed by atoms with Crippen LogP contribution in [0.1, 0.15) is 16.9 Å². The number of hydrogen-bond donors (Lipinski definition) is 2. The lowest BCUT2D eigenvalue weighted by Gasteiger charge is -2.21. The third-order valence-corrected chi connectivity index (χ3v) is 5.46. The molecule has 0 unspecified atom stereocenters. The van der Waals surface area contributed by atoms with E-state index in [1.807, 2.05) is 29.6 Å². The fourth-order valence-electron chi connectivity index (χ4n) is 3.02. The molecule has 0 aliphatic carbocycles. The summed E-state index contributed by atoms with van der Waals surface area (Å²) in [7, 11) is 0. The average molecular weight is 364 g/mol. The molecule has 4 nitrogen and oxygen atoms in total. The van der Waals surface area contributed by atoms with Gasteiger partial charge in [-0.25, -0.2) is 4.79 Å². The number of rotatable bonds is 5. The molecule has 0 radical (unpaired) electrons. The molecule has 1 aliphatic rings. The summed E-state index contributed by atoms with van der Waals surface area (Å²) in [5.41, 5.74) is 2.44. The van der Waals surface area contributed by atoms with Gasteiger partial charge in [-0.05, 0) is 48.4 Å². The number of thiophene rings is 1. The number of carbonyl (C=O) groups excluding carboxylic acids is 1.